The van der Waals surface area contributed by atoms with Gasteiger partial charge in [0.05, 0.1) is 12.8 Å². The minimum atomic E-state index is 0.701. The second-order valence-electron chi connectivity index (χ2n) is 5.42. The summed E-state index contributed by atoms with van der Waals surface area (Å²) in [7, 11) is 3.75. The Hall–Kier alpha value is -2.07. The zero-order chi connectivity index (χ0) is 14.7. The van der Waals surface area contributed by atoms with Crippen molar-refractivity contribution in [3.63, 3.8) is 0 Å². The van der Waals surface area contributed by atoms with Gasteiger partial charge in [0.1, 0.15) is 5.75 Å². The Balaban J connectivity index is 1.76. The Labute approximate surface area is 125 Å². The molecule has 110 valence electrons. The molecule has 0 atom stereocenters. The minimum absolute atomic E-state index is 0.701. The van der Waals surface area contributed by atoms with E-state index in [1.807, 2.05) is 30.5 Å². The Kier molecular flexibility index (Phi) is 4.06. The van der Waals surface area contributed by atoms with E-state index in [0.717, 1.165) is 29.4 Å². The smallest absolute Gasteiger partial charge is 0.120 e. The van der Waals surface area contributed by atoms with Crippen LogP contribution in [-0.4, -0.2) is 25.2 Å². The highest BCUT2D eigenvalue weighted by Crippen LogP contribution is 2.27. The molecule has 0 radical (unpaired) electrons. The summed E-state index contributed by atoms with van der Waals surface area (Å²) in [6.07, 6.45) is 4.46. The zero-order valence-electron chi connectivity index (χ0n) is 12.5. The molecular weight excluding hydrogens is 262 g/mol. The van der Waals surface area contributed by atoms with Crippen LogP contribution in [0.5, 0.6) is 5.75 Å². The number of nitrogens with one attached hydrogen (secondary N) is 1. The van der Waals surface area contributed by atoms with Crippen molar-refractivity contribution in [2.75, 3.05) is 19.1 Å². The van der Waals surface area contributed by atoms with Crippen LogP contribution in [0.1, 0.15) is 18.5 Å². The van der Waals surface area contributed by atoms with E-state index in [-0.39, 0.29) is 0 Å². The van der Waals surface area contributed by atoms with Crippen LogP contribution < -0.4 is 15.0 Å². The fraction of sp³-hybridized carbons (Fsp3) is 0.353. The van der Waals surface area contributed by atoms with Gasteiger partial charge in [-0.2, -0.15) is 0 Å². The van der Waals surface area contributed by atoms with Crippen LogP contribution in [-0.2, 0) is 6.54 Å². The Morgan fingerprint density at radius 2 is 2.05 bits per heavy atom. The number of nitrogens with zero attached hydrogens (tertiary/aromatic N) is 2. The standard InChI is InChI=1S/C17H21N3O/c1-20(15-4-3-5-17(11-15)21-2)16-8-9-18-14(10-16)12-19-13-6-7-13/h3-5,8-11,13,19H,6-7,12H2,1-2H3. The van der Waals surface area contributed by atoms with Gasteiger partial charge in [0, 0.05) is 43.3 Å². The van der Waals surface area contributed by atoms with Gasteiger partial charge in [-0.1, -0.05) is 6.07 Å². The van der Waals surface area contributed by atoms with Crippen LogP contribution in [0.25, 0.3) is 0 Å². The third kappa shape index (κ3) is 3.52. The second-order valence-corrected chi connectivity index (χ2v) is 5.42. The molecule has 0 aliphatic heterocycles. The van der Waals surface area contributed by atoms with Gasteiger partial charge in [-0.15, -0.1) is 0 Å². The summed E-state index contributed by atoms with van der Waals surface area (Å²) in [5, 5.41) is 3.50. The lowest BCUT2D eigenvalue weighted by Crippen LogP contribution is -2.17. The van der Waals surface area contributed by atoms with Crippen molar-refractivity contribution in [1.82, 2.24) is 10.3 Å². The lowest BCUT2D eigenvalue weighted by Gasteiger charge is -2.20. The predicted octanol–water partition coefficient (Wildman–Crippen LogP) is 3.11. The summed E-state index contributed by atoms with van der Waals surface area (Å²) >= 11 is 0. The predicted molar refractivity (Wildman–Crippen MR) is 85.2 cm³/mol. The normalized spacial score (nSPS) is 14.0. The topological polar surface area (TPSA) is 37.4 Å². The number of ether oxygens (including phenoxy) is 1. The fourth-order valence-electron chi connectivity index (χ4n) is 2.28. The van der Waals surface area contributed by atoms with E-state index in [4.69, 9.17) is 4.74 Å². The number of pyridine rings is 1. The molecule has 1 fully saturated rings. The molecule has 0 saturated heterocycles. The number of methoxy groups -OCH3 is 1. The third-order valence-corrected chi connectivity index (χ3v) is 3.78. The average molecular weight is 283 g/mol. The van der Waals surface area contributed by atoms with Gasteiger partial charge in [-0.3, -0.25) is 4.98 Å². The first-order valence-electron chi connectivity index (χ1n) is 7.32. The van der Waals surface area contributed by atoms with Gasteiger partial charge in [0.25, 0.3) is 0 Å². The van der Waals surface area contributed by atoms with Gasteiger partial charge in [-0.25, -0.2) is 0 Å². The molecule has 0 unspecified atom stereocenters. The second kappa shape index (κ2) is 6.14. The SMILES string of the molecule is COc1cccc(N(C)c2ccnc(CNC3CC3)c2)c1. The zero-order valence-corrected chi connectivity index (χ0v) is 12.5. The van der Waals surface area contributed by atoms with Crippen LogP contribution in [0.3, 0.4) is 0 Å². The highest BCUT2D eigenvalue weighted by molar-refractivity contribution is 5.63. The van der Waals surface area contributed by atoms with E-state index in [1.165, 1.54) is 12.8 Å². The molecular formula is C17H21N3O. The van der Waals surface area contributed by atoms with Gasteiger partial charge < -0.3 is 15.0 Å². The van der Waals surface area contributed by atoms with Gasteiger partial charge >= 0.3 is 0 Å². The highest BCUT2D eigenvalue weighted by Gasteiger charge is 2.20. The van der Waals surface area contributed by atoms with Crippen molar-refractivity contribution >= 4 is 11.4 Å². The first-order chi connectivity index (χ1) is 10.3. The molecule has 1 heterocycles. The first kappa shape index (κ1) is 13.9. The van der Waals surface area contributed by atoms with E-state index in [1.54, 1.807) is 7.11 Å². The van der Waals surface area contributed by atoms with Crippen molar-refractivity contribution in [2.24, 2.45) is 0 Å². The molecule has 4 heteroatoms. The highest BCUT2D eigenvalue weighted by atomic mass is 16.5. The quantitative estimate of drug-likeness (QED) is 0.884. The lowest BCUT2D eigenvalue weighted by molar-refractivity contribution is 0.415. The molecule has 1 saturated carbocycles. The molecule has 1 aliphatic rings. The van der Waals surface area contributed by atoms with Crippen LogP contribution in [0, 0.1) is 0 Å². The van der Waals surface area contributed by atoms with Crippen LogP contribution in [0.15, 0.2) is 42.6 Å². The maximum absolute atomic E-state index is 5.29. The number of hydrogen-bond acceptors (Lipinski definition) is 4. The molecule has 2 aromatic rings. The molecule has 0 amide bonds. The third-order valence-electron chi connectivity index (χ3n) is 3.78. The van der Waals surface area contributed by atoms with E-state index in [9.17, 15) is 0 Å². The largest absolute Gasteiger partial charge is 0.497 e. The minimum Gasteiger partial charge on any atom is -0.497 e. The maximum Gasteiger partial charge on any atom is 0.120 e. The molecule has 4 nitrogen and oxygen atoms in total. The number of anilines is 2. The van der Waals surface area contributed by atoms with Crippen molar-refractivity contribution in [1.29, 1.82) is 0 Å². The fourth-order valence-corrected chi connectivity index (χ4v) is 2.28. The summed E-state index contributed by atoms with van der Waals surface area (Å²) in [5.41, 5.74) is 3.31. The van der Waals surface area contributed by atoms with Gasteiger partial charge in [0.15, 0.2) is 0 Å². The van der Waals surface area contributed by atoms with E-state index < -0.39 is 0 Å². The molecule has 1 aromatic carbocycles. The number of aromatic nitrogens is 1. The number of rotatable bonds is 6. The van der Waals surface area contributed by atoms with Crippen LogP contribution in [0.4, 0.5) is 11.4 Å². The van der Waals surface area contributed by atoms with Crippen molar-refractivity contribution < 1.29 is 4.74 Å². The van der Waals surface area contributed by atoms with Crippen LogP contribution >= 0.6 is 0 Å². The molecule has 3 rings (SSSR count). The summed E-state index contributed by atoms with van der Waals surface area (Å²) in [5.74, 6) is 0.865. The molecule has 0 spiro atoms. The summed E-state index contributed by atoms with van der Waals surface area (Å²) < 4.78 is 5.29. The molecule has 1 aromatic heterocycles. The number of hydrogen-bond donors (Lipinski definition) is 1. The first-order valence-corrected chi connectivity index (χ1v) is 7.32. The summed E-state index contributed by atoms with van der Waals surface area (Å²) in [6.45, 7) is 0.838. The van der Waals surface area contributed by atoms with Crippen molar-refractivity contribution in [3.05, 3.63) is 48.3 Å². The Morgan fingerprint density at radius 3 is 2.81 bits per heavy atom. The molecule has 0 bridgehead atoms. The monoisotopic (exact) mass is 283 g/mol. The Bertz CT molecular complexity index is 610. The van der Waals surface area contributed by atoms with Gasteiger partial charge in [-0.05, 0) is 37.1 Å². The number of benzene rings is 1. The molecule has 21 heavy (non-hydrogen) atoms. The average Bonchev–Trinajstić information content (AvgIpc) is 3.37. The van der Waals surface area contributed by atoms with E-state index >= 15 is 0 Å². The van der Waals surface area contributed by atoms with Crippen LogP contribution in [0.2, 0.25) is 0 Å². The maximum atomic E-state index is 5.29. The molecule has 1 N–H and O–H groups in total. The summed E-state index contributed by atoms with van der Waals surface area (Å²) in [6, 6.07) is 12.9. The molecule has 1 aliphatic carbocycles. The lowest BCUT2D eigenvalue weighted by atomic mass is 10.2. The van der Waals surface area contributed by atoms with E-state index in [0.29, 0.717) is 6.04 Å². The summed E-state index contributed by atoms with van der Waals surface area (Å²) in [4.78, 5) is 6.58. The Morgan fingerprint density at radius 1 is 1.24 bits per heavy atom. The van der Waals surface area contributed by atoms with Crippen molar-refractivity contribution in [3.8, 4) is 5.75 Å². The van der Waals surface area contributed by atoms with Gasteiger partial charge in [0.2, 0.25) is 0 Å². The van der Waals surface area contributed by atoms with Crippen molar-refractivity contribution in [2.45, 2.75) is 25.4 Å². The van der Waals surface area contributed by atoms with E-state index in [2.05, 4.69) is 34.4 Å².